The van der Waals surface area contributed by atoms with Gasteiger partial charge in [0.05, 0.1) is 0 Å². The number of hydrogen-bond acceptors (Lipinski definition) is 3. The van der Waals surface area contributed by atoms with E-state index in [-0.39, 0.29) is 11.6 Å². The lowest BCUT2D eigenvalue weighted by atomic mass is 10.0. The minimum Gasteiger partial charge on any atom is -0.478 e. The maximum absolute atomic E-state index is 11.2. The van der Waals surface area contributed by atoms with Crippen molar-refractivity contribution in [3.63, 3.8) is 0 Å². The molecule has 1 unspecified atom stereocenters. The number of anilines is 1. The zero-order chi connectivity index (χ0) is 14.3. The van der Waals surface area contributed by atoms with Crippen LogP contribution in [0.25, 0.3) is 0 Å². The number of aromatic nitrogens is 1. The summed E-state index contributed by atoms with van der Waals surface area (Å²) in [6.45, 7) is 4.26. The Morgan fingerprint density at radius 1 is 1.37 bits per heavy atom. The molecule has 4 nitrogen and oxygen atoms in total. The zero-order valence-electron chi connectivity index (χ0n) is 11.4. The number of unbranched alkanes of at least 4 members (excludes halogenated alkanes) is 1. The van der Waals surface area contributed by atoms with E-state index in [4.69, 9.17) is 16.7 Å². The number of aromatic carboxylic acids is 1. The van der Waals surface area contributed by atoms with Crippen molar-refractivity contribution in [2.75, 3.05) is 5.32 Å². The van der Waals surface area contributed by atoms with E-state index >= 15 is 0 Å². The maximum atomic E-state index is 11.2. The van der Waals surface area contributed by atoms with Crippen LogP contribution in [-0.2, 0) is 0 Å². The van der Waals surface area contributed by atoms with Crippen LogP contribution in [0.5, 0.6) is 0 Å². The van der Waals surface area contributed by atoms with E-state index < -0.39 is 5.97 Å². The van der Waals surface area contributed by atoms with Crippen molar-refractivity contribution in [3.05, 3.63) is 22.8 Å². The predicted molar refractivity (Wildman–Crippen MR) is 78.1 cm³/mol. The van der Waals surface area contributed by atoms with Crippen LogP contribution in [0.2, 0.25) is 5.15 Å². The quantitative estimate of drug-likeness (QED) is 0.702. The Bertz CT molecular complexity index is 424. The fourth-order valence-corrected chi connectivity index (χ4v) is 2.15. The van der Waals surface area contributed by atoms with Crippen LogP contribution in [0.4, 0.5) is 5.82 Å². The van der Waals surface area contributed by atoms with Crippen molar-refractivity contribution in [1.29, 1.82) is 0 Å². The highest BCUT2D eigenvalue weighted by atomic mass is 35.5. The first-order valence-electron chi connectivity index (χ1n) is 6.74. The summed E-state index contributed by atoms with van der Waals surface area (Å²) in [5.74, 6) is -0.619. The van der Waals surface area contributed by atoms with Crippen LogP contribution in [0, 0.1) is 0 Å². The molecule has 0 aliphatic carbocycles. The van der Waals surface area contributed by atoms with Crippen LogP contribution in [-0.4, -0.2) is 22.1 Å². The number of pyridine rings is 1. The third kappa shape index (κ3) is 5.07. The average Bonchev–Trinajstić information content (AvgIpc) is 2.36. The number of carboxylic acids is 1. The number of nitrogens with zero attached hydrogens (tertiary/aromatic N) is 1. The predicted octanol–water partition coefficient (Wildman–Crippen LogP) is 4.20. The van der Waals surface area contributed by atoms with Crippen LogP contribution in [0.3, 0.4) is 0 Å². The summed E-state index contributed by atoms with van der Waals surface area (Å²) in [6.07, 6.45) is 5.28. The van der Waals surface area contributed by atoms with Gasteiger partial charge in [-0.1, -0.05) is 44.7 Å². The first kappa shape index (κ1) is 15.8. The van der Waals surface area contributed by atoms with Gasteiger partial charge in [-0.05, 0) is 25.0 Å². The normalized spacial score (nSPS) is 12.2. The highest BCUT2D eigenvalue weighted by Crippen LogP contribution is 2.20. The number of halogens is 1. The minimum absolute atomic E-state index is 0.169. The Morgan fingerprint density at radius 3 is 2.68 bits per heavy atom. The van der Waals surface area contributed by atoms with Crippen molar-refractivity contribution in [2.24, 2.45) is 0 Å². The molecule has 0 spiro atoms. The third-order valence-corrected chi connectivity index (χ3v) is 3.19. The molecular weight excluding hydrogens is 264 g/mol. The lowest BCUT2D eigenvalue weighted by molar-refractivity contribution is 0.0697. The summed E-state index contributed by atoms with van der Waals surface area (Å²) in [7, 11) is 0. The molecule has 0 saturated heterocycles. The second kappa shape index (κ2) is 8.00. The molecule has 1 aromatic rings. The van der Waals surface area contributed by atoms with Crippen LogP contribution in [0.1, 0.15) is 56.3 Å². The van der Waals surface area contributed by atoms with E-state index in [0.717, 1.165) is 32.1 Å². The molecule has 0 amide bonds. The summed E-state index contributed by atoms with van der Waals surface area (Å²) in [6, 6.07) is 3.23. The van der Waals surface area contributed by atoms with E-state index in [1.54, 1.807) is 0 Å². The molecule has 1 atom stereocenters. The highest BCUT2D eigenvalue weighted by molar-refractivity contribution is 6.29. The van der Waals surface area contributed by atoms with E-state index in [0.29, 0.717) is 11.0 Å². The summed E-state index contributed by atoms with van der Waals surface area (Å²) >= 11 is 5.84. The van der Waals surface area contributed by atoms with E-state index in [1.165, 1.54) is 12.1 Å². The molecular formula is C14H21ClN2O2. The Balaban J connectivity index is 2.87. The van der Waals surface area contributed by atoms with Crippen LogP contribution < -0.4 is 5.32 Å². The van der Waals surface area contributed by atoms with Gasteiger partial charge in [-0.3, -0.25) is 0 Å². The molecule has 1 heterocycles. The van der Waals surface area contributed by atoms with Crippen molar-refractivity contribution in [1.82, 2.24) is 4.98 Å². The molecule has 0 bridgehead atoms. The van der Waals surface area contributed by atoms with Crippen molar-refractivity contribution in [3.8, 4) is 0 Å². The van der Waals surface area contributed by atoms with Crippen molar-refractivity contribution < 1.29 is 9.90 Å². The van der Waals surface area contributed by atoms with E-state index in [9.17, 15) is 4.79 Å². The number of rotatable bonds is 8. The van der Waals surface area contributed by atoms with Gasteiger partial charge in [0.15, 0.2) is 0 Å². The van der Waals surface area contributed by atoms with Crippen molar-refractivity contribution in [2.45, 2.75) is 52.0 Å². The molecule has 0 aliphatic heterocycles. The maximum Gasteiger partial charge on any atom is 0.339 e. The number of hydrogen-bond donors (Lipinski definition) is 2. The summed E-state index contributed by atoms with van der Waals surface area (Å²) in [5, 5.41) is 12.7. The fourth-order valence-electron chi connectivity index (χ4n) is 2.00. The van der Waals surface area contributed by atoms with Crippen LogP contribution >= 0.6 is 11.6 Å². The summed E-state index contributed by atoms with van der Waals surface area (Å²) < 4.78 is 0. The van der Waals surface area contributed by atoms with Gasteiger partial charge < -0.3 is 10.4 Å². The van der Waals surface area contributed by atoms with Gasteiger partial charge >= 0.3 is 5.97 Å². The lowest BCUT2D eigenvalue weighted by Crippen LogP contribution is -2.21. The number of carbonyl (C=O) groups is 1. The number of nitrogens with one attached hydrogen (secondary N) is 1. The molecule has 106 valence electrons. The zero-order valence-corrected chi connectivity index (χ0v) is 12.2. The second-order valence-electron chi connectivity index (χ2n) is 4.61. The molecule has 1 rings (SSSR count). The molecule has 0 fully saturated rings. The van der Waals surface area contributed by atoms with Gasteiger partial charge in [-0.15, -0.1) is 0 Å². The fraction of sp³-hybridized carbons (Fsp3) is 0.571. The van der Waals surface area contributed by atoms with Gasteiger partial charge in [-0.2, -0.15) is 0 Å². The average molecular weight is 285 g/mol. The largest absolute Gasteiger partial charge is 0.478 e. The molecule has 0 aliphatic rings. The standard InChI is InChI=1S/C14H21ClN2O2/c1-3-5-7-10(6-4-2)16-13-11(14(18)19)8-9-12(15)17-13/h8-10H,3-7H2,1-2H3,(H,16,17)(H,18,19). The first-order valence-corrected chi connectivity index (χ1v) is 7.12. The smallest absolute Gasteiger partial charge is 0.339 e. The molecule has 0 saturated carbocycles. The van der Waals surface area contributed by atoms with Crippen LogP contribution in [0.15, 0.2) is 12.1 Å². The Hall–Kier alpha value is -1.29. The van der Waals surface area contributed by atoms with E-state index in [1.807, 2.05) is 0 Å². The third-order valence-electron chi connectivity index (χ3n) is 2.98. The lowest BCUT2D eigenvalue weighted by Gasteiger charge is -2.19. The molecule has 19 heavy (non-hydrogen) atoms. The second-order valence-corrected chi connectivity index (χ2v) is 4.99. The van der Waals surface area contributed by atoms with Gasteiger partial charge in [0, 0.05) is 6.04 Å². The van der Waals surface area contributed by atoms with Gasteiger partial charge in [0.1, 0.15) is 16.5 Å². The topological polar surface area (TPSA) is 62.2 Å². The Kier molecular flexibility index (Phi) is 6.64. The Labute approximate surface area is 119 Å². The van der Waals surface area contributed by atoms with Gasteiger partial charge in [0.25, 0.3) is 0 Å². The molecule has 1 aromatic heterocycles. The minimum atomic E-state index is -0.989. The van der Waals surface area contributed by atoms with Gasteiger partial charge in [0.2, 0.25) is 0 Å². The summed E-state index contributed by atoms with van der Waals surface area (Å²) in [4.78, 5) is 15.3. The van der Waals surface area contributed by atoms with Crippen molar-refractivity contribution >= 4 is 23.4 Å². The molecule has 2 N–H and O–H groups in total. The molecule has 0 aromatic carbocycles. The molecule has 0 radical (unpaired) electrons. The first-order chi connectivity index (χ1) is 9.08. The highest BCUT2D eigenvalue weighted by Gasteiger charge is 2.15. The van der Waals surface area contributed by atoms with Gasteiger partial charge in [-0.25, -0.2) is 9.78 Å². The monoisotopic (exact) mass is 284 g/mol. The number of carboxylic acid groups (broad SMARTS) is 1. The Morgan fingerprint density at radius 2 is 2.11 bits per heavy atom. The SMILES string of the molecule is CCCCC(CCC)Nc1nc(Cl)ccc1C(=O)O. The van der Waals surface area contributed by atoms with E-state index in [2.05, 4.69) is 24.1 Å². The molecule has 5 heteroatoms. The summed E-state index contributed by atoms with van der Waals surface area (Å²) in [5.41, 5.74) is 0.169.